The monoisotopic (exact) mass is 263 g/mol. The van der Waals surface area contributed by atoms with Gasteiger partial charge in [0.05, 0.1) is 6.61 Å². The van der Waals surface area contributed by atoms with Gasteiger partial charge in [0.25, 0.3) is 0 Å². The first kappa shape index (κ1) is 14.2. The summed E-state index contributed by atoms with van der Waals surface area (Å²) in [6.07, 6.45) is 3.83. The zero-order valence-corrected chi connectivity index (χ0v) is 12.0. The number of benzene rings is 1. The maximum Gasteiger partial charge on any atom is 0.161 e. The average Bonchev–Trinajstić information content (AvgIpc) is 3.25. The number of rotatable bonds is 9. The second kappa shape index (κ2) is 7.39. The van der Waals surface area contributed by atoms with Crippen LogP contribution in [0.1, 0.15) is 33.1 Å². The topological polar surface area (TPSA) is 30.5 Å². The van der Waals surface area contributed by atoms with Crippen LogP contribution in [-0.2, 0) is 0 Å². The van der Waals surface area contributed by atoms with Crippen LogP contribution in [0.2, 0.25) is 0 Å². The van der Waals surface area contributed by atoms with Crippen molar-refractivity contribution in [3.05, 3.63) is 24.3 Å². The molecule has 3 nitrogen and oxygen atoms in total. The van der Waals surface area contributed by atoms with Crippen molar-refractivity contribution in [2.45, 2.75) is 39.2 Å². The third-order valence-electron chi connectivity index (χ3n) is 3.41. The summed E-state index contributed by atoms with van der Waals surface area (Å²) in [5.74, 6) is 2.49. The zero-order valence-electron chi connectivity index (χ0n) is 12.0. The molecule has 1 aliphatic carbocycles. The summed E-state index contributed by atoms with van der Waals surface area (Å²) in [7, 11) is 0. The van der Waals surface area contributed by atoms with Gasteiger partial charge >= 0.3 is 0 Å². The van der Waals surface area contributed by atoms with E-state index in [1.165, 1.54) is 19.3 Å². The van der Waals surface area contributed by atoms with Crippen molar-refractivity contribution in [3.63, 3.8) is 0 Å². The van der Waals surface area contributed by atoms with E-state index in [9.17, 15) is 0 Å². The Balaban J connectivity index is 1.88. The van der Waals surface area contributed by atoms with Gasteiger partial charge < -0.3 is 14.8 Å². The highest BCUT2D eigenvalue weighted by Gasteiger charge is 2.31. The lowest BCUT2D eigenvalue weighted by molar-refractivity contribution is 0.233. The Bertz CT molecular complexity index is 377. The lowest BCUT2D eigenvalue weighted by Crippen LogP contribution is -2.37. The van der Waals surface area contributed by atoms with Gasteiger partial charge in [0, 0.05) is 6.04 Å². The smallest absolute Gasteiger partial charge is 0.161 e. The molecular weight excluding hydrogens is 238 g/mol. The summed E-state index contributed by atoms with van der Waals surface area (Å²) >= 11 is 0. The summed E-state index contributed by atoms with van der Waals surface area (Å²) < 4.78 is 11.5. The lowest BCUT2D eigenvalue weighted by Gasteiger charge is -2.19. The number of hydrogen-bond donors (Lipinski definition) is 1. The van der Waals surface area contributed by atoms with Gasteiger partial charge in [-0.2, -0.15) is 0 Å². The van der Waals surface area contributed by atoms with Gasteiger partial charge in [0.1, 0.15) is 6.61 Å². The lowest BCUT2D eigenvalue weighted by atomic mass is 10.2. The molecule has 1 atom stereocenters. The van der Waals surface area contributed by atoms with Crippen molar-refractivity contribution in [1.82, 2.24) is 5.32 Å². The Morgan fingerprint density at radius 1 is 1.16 bits per heavy atom. The highest BCUT2D eigenvalue weighted by Crippen LogP contribution is 2.34. The van der Waals surface area contributed by atoms with Crippen LogP contribution in [0.15, 0.2) is 24.3 Å². The van der Waals surface area contributed by atoms with Crippen LogP contribution in [-0.4, -0.2) is 25.8 Å². The summed E-state index contributed by atoms with van der Waals surface area (Å²) in [5.41, 5.74) is 0. The normalized spacial score (nSPS) is 16.1. The van der Waals surface area contributed by atoms with Crippen molar-refractivity contribution in [2.24, 2.45) is 5.92 Å². The van der Waals surface area contributed by atoms with Crippen molar-refractivity contribution in [3.8, 4) is 11.5 Å². The maximum absolute atomic E-state index is 5.96. The van der Waals surface area contributed by atoms with E-state index in [0.29, 0.717) is 12.6 Å². The quantitative estimate of drug-likeness (QED) is 0.742. The van der Waals surface area contributed by atoms with Crippen LogP contribution in [0.4, 0.5) is 0 Å². The number of hydrogen-bond acceptors (Lipinski definition) is 3. The molecule has 1 aliphatic rings. The molecule has 106 valence electrons. The minimum Gasteiger partial charge on any atom is -0.490 e. The van der Waals surface area contributed by atoms with E-state index in [2.05, 4.69) is 12.2 Å². The molecule has 19 heavy (non-hydrogen) atoms. The Labute approximate surface area is 116 Å². The van der Waals surface area contributed by atoms with Gasteiger partial charge in [-0.3, -0.25) is 0 Å². The Morgan fingerprint density at radius 3 is 2.42 bits per heavy atom. The standard InChI is InChI=1S/C16H25NO2/c1-3-11-17-14(13-9-10-13)12-19-16-8-6-5-7-15(16)18-4-2/h5-8,13-14,17H,3-4,9-12H2,1-2H3. The predicted octanol–water partition coefficient (Wildman–Crippen LogP) is 3.24. The van der Waals surface area contributed by atoms with Crippen molar-refractivity contribution in [1.29, 1.82) is 0 Å². The highest BCUT2D eigenvalue weighted by molar-refractivity contribution is 5.39. The average molecular weight is 263 g/mol. The first-order chi connectivity index (χ1) is 9.35. The summed E-state index contributed by atoms with van der Waals surface area (Å²) in [6.45, 7) is 6.65. The maximum atomic E-state index is 5.96. The van der Waals surface area contributed by atoms with E-state index in [-0.39, 0.29) is 0 Å². The molecular formula is C16H25NO2. The van der Waals surface area contributed by atoms with Crippen LogP contribution in [0, 0.1) is 5.92 Å². The largest absolute Gasteiger partial charge is 0.490 e. The number of nitrogens with one attached hydrogen (secondary N) is 1. The summed E-state index contributed by atoms with van der Waals surface area (Å²) in [6, 6.07) is 8.39. The van der Waals surface area contributed by atoms with Gasteiger partial charge in [-0.1, -0.05) is 19.1 Å². The molecule has 1 fully saturated rings. The molecule has 3 heteroatoms. The fourth-order valence-electron chi connectivity index (χ4n) is 2.21. The van der Waals surface area contributed by atoms with E-state index in [0.717, 1.165) is 30.6 Å². The van der Waals surface area contributed by atoms with E-state index in [1.54, 1.807) is 0 Å². The van der Waals surface area contributed by atoms with Gasteiger partial charge in [0.15, 0.2) is 11.5 Å². The molecule has 0 bridgehead atoms. The molecule has 1 N–H and O–H groups in total. The fraction of sp³-hybridized carbons (Fsp3) is 0.625. The minimum atomic E-state index is 0.481. The fourth-order valence-corrected chi connectivity index (χ4v) is 2.21. The van der Waals surface area contributed by atoms with E-state index < -0.39 is 0 Å². The second-order valence-corrected chi connectivity index (χ2v) is 5.09. The first-order valence-electron chi connectivity index (χ1n) is 7.43. The molecule has 0 saturated heterocycles. The molecule has 0 amide bonds. The summed E-state index contributed by atoms with van der Waals surface area (Å²) in [4.78, 5) is 0. The SMILES string of the molecule is CCCNC(COc1ccccc1OCC)C1CC1. The van der Waals surface area contributed by atoms with Crippen molar-refractivity contribution >= 4 is 0 Å². The highest BCUT2D eigenvalue weighted by atomic mass is 16.5. The second-order valence-electron chi connectivity index (χ2n) is 5.09. The van der Waals surface area contributed by atoms with Crippen LogP contribution >= 0.6 is 0 Å². The van der Waals surface area contributed by atoms with Crippen LogP contribution in [0.5, 0.6) is 11.5 Å². The third-order valence-corrected chi connectivity index (χ3v) is 3.41. The molecule has 1 aromatic rings. The number of ether oxygens (including phenoxy) is 2. The molecule has 0 spiro atoms. The molecule has 0 heterocycles. The van der Waals surface area contributed by atoms with Crippen LogP contribution < -0.4 is 14.8 Å². The minimum absolute atomic E-state index is 0.481. The zero-order chi connectivity index (χ0) is 13.5. The van der Waals surface area contributed by atoms with Gasteiger partial charge in [-0.05, 0) is 50.8 Å². The summed E-state index contributed by atoms with van der Waals surface area (Å²) in [5, 5.41) is 3.59. The third kappa shape index (κ3) is 4.43. The van der Waals surface area contributed by atoms with Gasteiger partial charge in [-0.25, -0.2) is 0 Å². The Hall–Kier alpha value is -1.22. The molecule has 0 aromatic heterocycles. The van der Waals surface area contributed by atoms with Crippen LogP contribution in [0.25, 0.3) is 0 Å². The van der Waals surface area contributed by atoms with E-state index >= 15 is 0 Å². The number of para-hydroxylation sites is 2. The predicted molar refractivity (Wildman–Crippen MR) is 77.9 cm³/mol. The Morgan fingerprint density at radius 2 is 1.84 bits per heavy atom. The van der Waals surface area contributed by atoms with E-state index in [1.807, 2.05) is 31.2 Å². The molecule has 2 rings (SSSR count). The Kier molecular flexibility index (Phi) is 5.52. The first-order valence-corrected chi connectivity index (χ1v) is 7.43. The molecule has 0 radical (unpaired) electrons. The molecule has 1 unspecified atom stereocenters. The van der Waals surface area contributed by atoms with Gasteiger partial charge in [-0.15, -0.1) is 0 Å². The van der Waals surface area contributed by atoms with Crippen molar-refractivity contribution < 1.29 is 9.47 Å². The van der Waals surface area contributed by atoms with Crippen molar-refractivity contribution in [2.75, 3.05) is 19.8 Å². The van der Waals surface area contributed by atoms with E-state index in [4.69, 9.17) is 9.47 Å². The molecule has 0 aliphatic heterocycles. The molecule has 1 aromatic carbocycles. The van der Waals surface area contributed by atoms with Crippen LogP contribution in [0.3, 0.4) is 0 Å². The van der Waals surface area contributed by atoms with Gasteiger partial charge in [0.2, 0.25) is 0 Å². The molecule has 1 saturated carbocycles.